The zero-order valence-corrected chi connectivity index (χ0v) is 29.1. The molecule has 4 saturated heterocycles. The van der Waals surface area contributed by atoms with Gasteiger partial charge in [-0.1, -0.05) is 13.0 Å². The number of nitrogens with one attached hydrogen (secondary N) is 1. The van der Waals surface area contributed by atoms with Gasteiger partial charge in [0, 0.05) is 45.0 Å². The van der Waals surface area contributed by atoms with Crippen molar-refractivity contribution in [1.82, 2.24) is 30.1 Å². The third-order valence-electron chi connectivity index (χ3n) is 11.2. The van der Waals surface area contributed by atoms with Crippen LogP contribution in [0.2, 0.25) is 0 Å². The first kappa shape index (κ1) is 33.9. The first-order valence-electron chi connectivity index (χ1n) is 17.6. The van der Waals surface area contributed by atoms with Gasteiger partial charge in [-0.2, -0.15) is 9.97 Å². The van der Waals surface area contributed by atoms with Crippen LogP contribution in [-0.2, 0) is 20.7 Å². The van der Waals surface area contributed by atoms with E-state index in [9.17, 15) is 19.5 Å². The summed E-state index contributed by atoms with van der Waals surface area (Å²) in [5, 5.41) is 14.2. The lowest BCUT2D eigenvalue weighted by Gasteiger charge is -2.34. The molecule has 4 aliphatic rings. The van der Waals surface area contributed by atoms with Gasteiger partial charge in [0.15, 0.2) is 5.82 Å². The molecule has 4 aliphatic heterocycles. The topological polar surface area (TPSA) is 150 Å². The molecule has 52 heavy (non-hydrogen) atoms. The number of phenols is 1. The van der Waals surface area contributed by atoms with Crippen molar-refractivity contribution in [3.8, 4) is 23.0 Å². The Morgan fingerprint density at radius 3 is 2.62 bits per heavy atom. The Morgan fingerprint density at radius 1 is 1.12 bits per heavy atom. The maximum absolute atomic E-state index is 17.0. The molecular formula is C37H39F2N7O6. The molecule has 2 unspecified atom stereocenters. The largest absolute Gasteiger partial charge is 0.508 e. The molecule has 8 rings (SSSR count). The number of benzene rings is 2. The highest BCUT2D eigenvalue weighted by molar-refractivity contribution is 6.07. The second-order valence-corrected chi connectivity index (χ2v) is 14.4. The van der Waals surface area contributed by atoms with Crippen LogP contribution in [0.15, 0.2) is 30.5 Å². The zero-order valence-electron chi connectivity index (χ0n) is 29.1. The standard InChI is InChI=1S/C37H39F2N7O6/c1-4-22-27(38)7-6-19-12-21(47)13-23(28(19)22)30-29(39)31-24(14-40-30)32(45-15-25-26(16-45)34(49)43-33(25)48)42-35(41-31)52-18-37-9-5-11-46(37)20(8-10-37)17-51-36(50)44(2)3/h6-7,12-14,20,25-26,47H,4-5,8-11,15-18H2,1-3H3,(H,43,48,49)/t20-,25?,26?,37+/m0/s1. The third kappa shape index (κ3) is 5.52. The molecule has 3 amide bonds. The number of pyridine rings is 1. The summed E-state index contributed by atoms with van der Waals surface area (Å²) in [5.41, 5.74) is -0.0299. The van der Waals surface area contributed by atoms with E-state index in [1.807, 2.05) is 0 Å². The van der Waals surface area contributed by atoms with Crippen LogP contribution in [0.5, 0.6) is 11.8 Å². The van der Waals surface area contributed by atoms with Crippen LogP contribution in [-0.4, -0.2) is 106 Å². The molecule has 4 fully saturated rings. The molecule has 15 heteroatoms. The van der Waals surface area contributed by atoms with Gasteiger partial charge in [-0.15, -0.1) is 0 Å². The lowest BCUT2D eigenvalue weighted by atomic mass is 9.94. The van der Waals surface area contributed by atoms with Crippen molar-refractivity contribution in [2.75, 3.05) is 51.8 Å². The summed E-state index contributed by atoms with van der Waals surface area (Å²) in [6.07, 6.45) is 4.73. The number of hydrogen-bond donors (Lipinski definition) is 2. The van der Waals surface area contributed by atoms with E-state index in [0.717, 1.165) is 32.2 Å². The van der Waals surface area contributed by atoms with Gasteiger partial charge < -0.3 is 24.4 Å². The highest BCUT2D eigenvalue weighted by Crippen LogP contribution is 2.44. The van der Waals surface area contributed by atoms with Crippen LogP contribution in [0.1, 0.15) is 38.2 Å². The fraction of sp³-hybridized carbons (Fsp3) is 0.459. The summed E-state index contributed by atoms with van der Waals surface area (Å²) in [6.45, 7) is 3.43. The molecule has 6 heterocycles. The molecule has 2 aromatic carbocycles. The highest BCUT2D eigenvalue weighted by atomic mass is 19.1. The molecule has 0 saturated carbocycles. The number of rotatable bonds is 8. The Labute approximate surface area is 297 Å². The Morgan fingerprint density at radius 2 is 1.88 bits per heavy atom. The number of imide groups is 1. The molecule has 13 nitrogen and oxygen atoms in total. The van der Waals surface area contributed by atoms with E-state index in [2.05, 4.69) is 20.2 Å². The number of carbonyl (C=O) groups excluding carboxylic acids is 3. The Kier molecular flexibility index (Phi) is 8.35. The van der Waals surface area contributed by atoms with E-state index >= 15 is 8.78 Å². The number of amides is 3. The van der Waals surface area contributed by atoms with E-state index in [1.165, 1.54) is 35.4 Å². The summed E-state index contributed by atoms with van der Waals surface area (Å²) in [6, 6.07) is 5.65. The summed E-state index contributed by atoms with van der Waals surface area (Å²) in [5.74, 6) is -3.01. The number of fused-ring (bicyclic) bond motifs is 4. The predicted molar refractivity (Wildman–Crippen MR) is 186 cm³/mol. The number of hydrogen-bond acceptors (Lipinski definition) is 11. The van der Waals surface area contributed by atoms with E-state index < -0.39 is 29.6 Å². The summed E-state index contributed by atoms with van der Waals surface area (Å²) in [7, 11) is 3.28. The number of halogens is 2. The maximum atomic E-state index is 17.0. The van der Waals surface area contributed by atoms with Gasteiger partial charge in [0.1, 0.15) is 41.8 Å². The van der Waals surface area contributed by atoms with E-state index in [-0.39, 0.29) is 89.4 Å². The van der Waals surface area contributed by atoms with E-state index in [1.54, 1.807) is 25.9 Å². The van der Waals surface area contributed by atoms with E-state index in [0.29, 0.717) is 22.8 Å². The van der Waals surface area contributed by atoms with Crippen LogP contribution in [0.25, 0.3) is 32.9 Å². The first-order valence-corrected chi connectivity index (χ1v) is 17.6. The zero-order chi connectivity index (χ0) is 36.5. The van der Waals surface area contributed by atoms with Gasteiger partial charge >= 0.3 is 12.1 Å². The second kappa shape index (κ2) is 12.8. The number of phenolic OH excluding ortho intramolecular Hbond substituents is 1. The fourth-order valence-electron chi connectivity index (χ4n) is 8.65. The smallest absolute Gasteiger partial charge is 0.409 e. The van der Waals surface area contributed by atoms with Crippen LogP contribution in [0.3, 0.4) is 0 Å². The molecule has 272 valence electrons. The molecule has 2 N–H and O–H groups in total. The summed E-state index contributed by atoms with van der Waals surface area (Å²) >= 11 is 0. The molecule has 0 spiro atoms. The number of aromatic nitrogens is 3. The van der Waals surface area contributed by atoms with Crippen LogP contribution >= 0.6 is 0 Å². The van der Waals surface area contributed by atoms with Gasteiger partial charge in [-0.3, -0.25) is 24.8 Å². The van der Waals surface area contributed by atoms with Crippen molar-refractivity contribution in [2.45, 2.75) is 50.6 Å². The predicted octanol–water partition coefficient (Wildman–Crippen LogP) is 4.17. The minimum absolute atomic E-state index is 0.0248. The lowest BCUT2D eigenvalue weighted by molar-refractivity contribution is -0.126. The number of aryl methyl sites for hydroxylation is 1. The number of anilines is 1. The monoisotopic (exact) mass is 715 g/mol. The highest BCUT2D eigenvalue weighted by Gasteiger charge is 2.51. The Balaban J connectivity index is 1.19. The van der Waals surface area contributed by atoms with Crippen molar-refractivity contribution < 1.29 is 37.7 Å². The van der Waals surface area contributed by atoms with Gasteiger partial charge in [-0.05, 0) is 73.2 Å². The fourth-order valence-corrected chi connectivity index (χ4v) is 8.65. The van der Waals surface area contributed by atoms with Crippen molar-refractivity contribution >= 4 is 45.4 Å². The molecule has 0 radical (unpaired) electrons. The van der Waals surface area contributed by atoms with Gasteiger partial charge in [0.05, 0.1) is 22.8 Å². The molecule has 0 aliphatic carbocycles. The minimum Gasteiger partial charge on any atom is -0.508 e. The van der Waals surface area contributed by atoms with Gasteiger partial charge in [0.25, 0.3) is 0 Å². The van der Waals surface area contributed by atoms with Crippen LogP contribution < -0.4 is 15.0 Å². The second-order valence-electron chi connectivity index (χ2n) is 14.4. The molecule has 0 bridgehead atoms. The van der Waals surface area contributed by atoms with E-state index in [4.69, 9.17) is 14.5 Å². The van der Waals surface area contributed by atoms with Crippen molar-refractivity contribution in [3.05, 3.63) is 47.7 Å². The normalized spacial score (nSPS) is 24.1. The minimum atomic E-state index is -0.818. The molecule has 4 atom stereocenters. The van der Waals surface area contributed by atoms with Crippen molar-refractivity contribution in [2.24, 2.45) is 11.8 Å². The molecule has 4 aromatic rings. The van der Waals surface area contributed by atoms with Crippen molar-refractivity contribution in [1.29, 1.82) is 0 Å². The maximum Gasteiger partial charge on any atom is 0.409 e. The first-order chi connectivity index (χ1) is 25.0. The number of nitrogens with zero attached hydrogens (tertiary/aromatic N) is 6. The average molecular weight is 716 g/mol. The van der Waals surface area contributed by atoms with Crippen molar-refractivity contribution in [3.63, 3.8) is 0 Å². The number of ether oxygens (including phenoxy) is 2. The molecule has 2 aromatic heterocycles. The Hall–Kier alpha value is -5.18. The van der Waals surface area contributed by atoms with Crippen LogP contribution in [0.4, 0.5) is 19.4 Å². The van der Waals surface area contributed by atoms with Gasteiger partial charge in [-0.25, -0.2) is 13.6 Å². The number of aromatic hydroxyl groups is 1. The van der Waals surface area contributed by atoms with Gasteiger partial charge in [0.2, 0.25) is 11.8 Å². The number of carbonyl (C=O) groups is 3. The SMILES string of the molecule is CCc1c(F)ccc2cc(O)cc(-c3ncc4c(N5CC6C(=O)NC(=O)C6C5)nc(OC[C@]56CCCN5[C@H](COC(=O)N(C)C)CC6)nc4c3F)c12. The quantitative estimate of drug-likeness (QED) is 0.253. The lowest BCUT2D eigenvalue weighted by Crippen LogP contribution is -2.48. The van der Waals surface area contributed by atoms with Crippen LogP contribution in [0, 0.1) is 23.5 Å². The summed E-state index contributed by atoms with van der Waals surface area (Å²) in [4.78, 5) is 56.6. The molecular weight excluding hydrogens is 676 g/mol. The summed E-state index contributed by atoms with van der Waals surface area (Å²) < 4.78 is 43.9. The average Bonchev–Trinajstić information content (AvgIpc) is 3.88. The Bertz CT molecular complexity index is 2130. The third-order valence-corrected chi connectivity index (χ3v) is 11.2.